The van der Waals surface area contributed by atoms with Gasteiger partial charge in [0.05, 0.1) is 17.8 Å². The number of hydrogen-bond acceptors (Lipinski definition) is 3. The average molecular weight is 262 g/mol. The lowest BCUT2D eigenvalue weighted by atomic mass is 10.1. The first-order chi connectivity index (χ1) is 8.66. The molecule has 4 nitrogen and oxygen atoms in total. The van der Waals surface area contributed by atoms with Crippen molar-refractivity contribution >= 4 is 23.2 Å². The molecule has 0 saturated carbocycles. The van der Waals surface area contributed by atoms with Crippen LogP contribution in [0.1, 0.15) is 11.3 Å². The summed E-state index contributed by atoms with van der Waals surface area (Å²) in [5.41, 5.74) is 2.26. The summed E-state index contributed by atoms with van der Waals surface area (Å²) in [6.45, 7) is 1.92. The minimum absolute atomic E-state index is 0.160. The predicted octanol–water partition coefficient (Wildman–Crippen LogP) is 2.62. The molecule has 2 heterocycles. The molecule has 0 bridgehead atoms. The van der Waals surface area contributed by atoms with Crippen molar-refractivity contribution in [1.82, 2.24) is 9.97 Å². The Morgan fingerprint density at radius 2 is 2.00 bits per heavy atom. The summed E-state index contributed by atoms with van der Waals surface area (Å²) in [6.07, 6.45) is 3.46. The summed E-state index contributed by atoms with van der Waals surface area (Å²) in [7, 11) is 0. The van der Waals surface area contributed by atoms with Crippen LogP contribution in [0.15, 0.2) is 36.7 Å². The molecular weight excluding hydrogens is 250 g/mol. The molecule has 0 radical (unpaired) electrons. The average Bonchev–Trinajstić information content (AvgIpc) is 2.35. The van der Waals surface area contributed by atoms with E-state index in [4.69, 9.17) is 11.6 Å². The third-order valence-electron chi connectivity index (χ3n) is 2.48. The van der Waals surface area contributed by atoms with E-state index in [1.807, 2.05) is 19.1 Å². The second-order valence-corrected chi connectivity index (χ2v) is 4.19. The molecule has 1 amide bonds. The van der Waals surface area contributed by atoms with Gasteiger partial charge in [-0.05, 0) is 30.7 Å². The number of nitrogens with zero attached hydrogens (tertiary/aromatic N) is 2. The van der Waals surface area contributed by atoms with Crippen molar-refractivity contribution in [2.24, 2.45) is 0 Å². The molecule has 0 atom stereocenters. The first-order valence-electron chi connectivity index (χ1n) is 5.47. The quantitative estimate of drug-likeness (QED) is 0.864. The molecule has 0 fully saturated rings. The number of nitrogens with one attached hydrogen (secondary N) is 1. The van der Waals surface area contributed by atoms with Crippen LogP contribution in [0, 0.1) is 6.92 Å². The minimum Gasteiger partial charge on any atom is -0.323 e. The Labute approximate surface area is 110 Å². The van der Waals surface area contributed by atoms with Crippen molar-refractivity contribution in [3.05, 3.63) is 53.1 Å². The summed E-state index contributed by atoms with van der Waals surface area (Å²) in [4.78, 5) is 19.9. The fourth-order valence-corrected chi connectivity index (χ4v) is 1.70. The maximum Gasteiger partial charge on any atom is 0.230 e. The van der Waals surface area contributed by atoms with Crippen molar-refractivity contribution in [2.75, 3.05) is 5.32 Å². The van der Waals surface area contributed by atoms with Crippen molar-refractivity contribution in [1.29, 1.82) is 0 Å². The van der Waals surface area contributed by atoms with E-state index >= 15 is 0 Å². The van der Waals surface area contributed by atoms with Crippen LogP contribution in [0.3, 0.4) is 0 Å². The van der Waals surface area contributed by atoms with E-state index in [0.717, 1.165) is 11.3 Å². The van der Waals surface area contributed by atoms with Gasteiger partial charge in [-0.1, -0.05) is 17.7 Å². The zero-order valence-corrected chi connectivity index (χ0v) is 10.6. The Hall–Kier alpha value is -1.94. The van der Waals surface area contributed by atoms with Gasteiger partial charge in [-0.3, -0.25) is 9.78 Å². The molecule has 5 heteroatoms. The first kappa shape index (κ1) is 12.5. The van der Waals surface area contributed by atoms with Crippen molar-refractivity contribution in [3.63, 3.8) is 0 Å². The highest BCUT2D eigenvalue weighted by Gasteiger charge is 2.09. The topological polar surface area (TPSA) is 54.9 Å². The third-order valence-corrected chi connectivity index (χ3v) is 2.78. The second-order valence-electron chi connectivity index (χ2n) is 3.83. The summed E-state index contributed by atoms with van der Waals surface area (Å²) >= 11 is 5.86. The number of anilines is 1. The fraction of sp³-hybridized carbons (Fsp3) is 0.154. The number of carbonyl (C=O) groups is 1. The first-order valence-corrected chi connectivity index (χ1v) is 5.85. The lowest BCUT2D eigenvalue weighted by molar-refractivity contribution is -0.115. The Morgan fingerprint density at radius 1 is 1.28 bits per heavy atom. The van der Waals surface area contributed by atoms with Gasteiger partial charge in [0, 0.05) is 12.4 Å². The minimum atomic E-state index is -0.160. The Kier molecular flexibility index (Phi) is 3.89. The second kappa shape index (κ2) is 5.60. The fourth-order valence-electron chi connectivity index (χ4n) is 1.53. The Balaban J connectivity index is 2.06. The number of rotatable bonds is 3. The van der Waals surface area contributed by atoms with Gasteiger partial charge in [-0.25, -0.2) is 4.98 Å². The van der Waals surface area contributed by atoms with Gasteiger partial charge < -0.3 is 5.32 Å². The summed E-state index contributed by atoms with van der Waals surface area (Å²) in [5, 5.41) is 2.99. The van der Waals surface area contributed by atoms with E-state index in [9.17, 15) is 4.79 Å². The van der Waals surface area contributed by atoms with Crippen LogP contribution in [-0.2, 0) is 11.2 Å². The monoisotopic (exact) mass is 261 g/mol. The molecule has 18 heavy (non-hydrogen) atoms. The number of aryl methyl sites for hydroxylation is 1. The largest absolute Gasteiger partial charge is 0.323 e. The number of carbonyl (C=O) groups excluding carboxylic acids is 1. The van der Waals surface area contributed by atoms with E-state index in [1.165, 1.54) is 0 Å². The highest BCUT2D eigenvalue weighted by Crippen LogP contribution is 2.17. The van der Waals surface area contributed by atoms with Gasteiger partial charge >= 0.3 is 0 Å². The van der Waals surface area contributed by atoms with Crippen LogP contribution in [0.2, 0.25) is 5.15 Å². The van der Waals surface area contributed by atoms with Crippen molar-refractivity contribution in [3.8, 4) is 0 Å². The molecule has 1 N–H and O–H groups in total. The molecule has 0 spiro atoms. The Bertz CT molecular complexity index is 522. The predicted molar refractivity (Wildman–Crippen MR) is 70.6 cm³/mol. The Morgan fingerprint density at radius 3 is 2.72 bits per heavy atom. The highest BCUT2D eigenvalue weighted by atomic mass is 35.5. The molecule has 2 aromatic rings. The molecule has 0 aliphatic carbocycles. The lowest BCUT2D eigenvalue weighted by Crippen LogP contribution is -2.16. The van der Waals surface area contributed by atoms with Crippen LogP contribution in [0.4, 0.5) is 5.69 Å². The zero-order chi connectivity index (χ0) is 13.0. The van der Waals surface area contributed by atoms with E-state index in [-0.39, 0.29) is 17.5 Å². The highest BCUT2D eigenvalue weighted by molar-refractivity contribution is 6.32. The van der Waals surface area contributed by atoms with Gasteiger partial charge in [0.2, 0.25) is 5.91 Å². The van der Waals surface area contributed by atoms with E-state index in [2.05, 4.69) is 15.3 Å². The lowest BCUT2D eigenvalue weighted by Gasteiger charge is -2.07. The molecule has 92 valence electrons. The summed E-state index contributed by atoms with van der Waals surface area (Å²) in [6, 6.07) is 7.19. The van der Waals surface area contributed by atoms with Gasteiger partial charge in [-0.2, -0.15) is 0 Å². The number of halogens is 1. The van der Waals surface area contributed by atoms with Crippen LogP contribution in [0.25, 0.3) is 0 Å². The van der Waals surface area contributed by atoms with Gasteiger partial charge in [-0.15, -0.1) is 0 Å². The standard InChI is InChI=1S/C13H12ClN3O/c1-9-4-2-6-15-11(9)8-12(18)17-10-5-3-7-16-13(10)14/h2-7H,8H2,1H3,(H,17,18). The number of hydrogen-bond donors (Lipinski definition) is 1. The van der Waals surface area contributed by atoms with Crippen LogP contribution >= 0.6 is 11.6 Å². The summed E-state index contributed by atoms with van der Waals surface area (Å²) < 4.78 is 0. The van der Waals surface area contributed by atoms with E-state index < -0.39 is 0 Å². The van der Waals surface area contributed by atoms with E-state index in [1.54, 1.807) is 24.5 Å². The summed E-state index contributed by atoms with van der Waals surface area (Å²) in [5.74, 6) is -0.160. The molecule has 2 rings (SSSR count). The van der Waals surface area contributed by atoms with Crippen molar-refractivity contribution in [2.45, 2.75) is 13.3 Å². The molecule has 2 aromatic heterocycles. The smallest absolute Gasteiger partial charge is 0.230 e. The SMILES string of the molecule is Cc1cccnc1CC(=O)Nc1cccnc1Cl. The molecule has 0 aliphatic heterocycles. The normalized spacial score (nSPS) is 10.1. The van der Waals surface area contributed by atoms with Crippen molar-refractivity contribution < 1.29 is 4.79 Å². The molecule has 0 aromatic carbocycles. The maximum absolute atomic E-state index is 11.8. The third kappa shape index (κ3) is 3.05. The number of pyridine rings is 2. The maximum atomic E-state index is 11.8. The van der Waals surface area contributed by atoms with Gasteiger partial charge in [0.25, 0.3) is 0 Å². The number of amides is 1. The van der Waals surface area contributed by atoms with Gasteiger partial charge in [0.1, 0.15) is 0 Å². The molecule has 0 aliphatic rings. The molecule has 0 unspecified atom stereocenters. The zero-order valence-electron chi connectivity index (χ0n) is 9.85. The van der Waals surface area contributed by atoms with Gasteiger partial charge in [0.15, 0.2) is 5.15 Å². The van der Waals surface area contributed by atoms with Crippen LogP contribution in [0.5, 0.6) is 0 Å². The van der Waals surface area contributed by atoms with E-state index in [0.29, 0.717) is 5.69 Å². The van der Waals surface area contributed by atoms with Crippen LogP contribution < -0.4 is 5.32 Å². The number of aromatic nitrogens is 2. The molecule has 0 saturated heterocycles. The van der Waals surface area contributed by atoms with Crippen LogP contribution in [-0.4, -0.2) is 15.9 Å². The molecular formula is C13H12ClN3O.